The Morgan fingerprint density at radius 2 is 1.93 bits per heavy atom. The Kier molecular flexibility index (Phi) is 5.44. The fraction of sp³-hybridized carbons (Fsp3) is 0.450. The number of ether oxygens (including phenoxy) is 1. The van der Waals surface area contributed by atoms with Crippen LogP contribution in [0.2, 0.25) is 5.02 Å². The van der Waals surface area contributed by atoms with E-state index in [0.717, 1.165) is 11.3 Å². The molecule has 28 heavy (non-hydrogen) atoms. The summed E-state index contributed by atoms with van der Waals surface area (Å²) < 4.78 is 20.7. The fourth-order valence-corrected chi connectivity index (χ4v) is 3.53. The van der Waals surface area contributed by atoms with E-state index in [2.05, 4.69) is 0 Å². The third kappa shape index (κ3) is 3.87. The first-order chi connectivity index (χ1) is 13.1. The Bertz CT molecular complexity index is 887. The van der Waals surface area contributed by atoms with Crippen molar-refractivity contribution in [3.63, 3.8) is 0 Å². The smallest absolute Gasteiger partial charge is 0.410 e. The lowest BCUT2D eigenvalue weighted by Crippen LogP contribution is -2.56. The minimum Gasteiger partial charge on any atom is -0.444 e. The Morgan fingerprint density at radius 1 is 1.25 bits per heavy atom. The van der Waals surface area contributed by atoms with Gasteiger partial charge in [0.05, 0.1) is 31.3 Å². The van der Waals surface area contributed by atoms with Gasteiger partial charge in [-0.2, -0.15) is 0 Å². The first kappa shape index (κ1) is 20.6. The average molecular weight is 411 g/mol. The van der Waals surface area contributed by atoms with Crippen molar-refractivity contribution < 1.29 is 24.1 Å². The topological polar surface area (TPSA) is 74.9 Å². The number of fused-ring (bicyclic) bond motifs is 1. The van der Waals surface area contributed by atoms with Crippen molar-refractivity contribution in [3.8, 4) is 11.1 Å². The monoisotopic (exact) mass is 410 g/mol. The third-order valence-electron chi connectivity index (χ3n) is 4.74. The van der Waals surface area contributed by atoms with Gasteiger partial charge in [-0.25, -0.2) is 9.18 Å². The second kappa shape index (κ2) is 7.39. The highest BCUT2D eigenvalue weighted by Gasteiger charge is 2.41. The van der Waals surface area contributed by atoms with Crippen LogP contribution in [0.5, 0.6) is 0 Å². The number of hydrogen-bond acceptors (Lipinski definition) is 4. The standard InChI is InChI=1S/C20H24ClFN2O4/c1-19(2,3)28-18(27)23-9-15-6-14(13-4-5-17(22)16(21)7-13)8-24(15)20(10-23,11-25)12-26/h4-8,25-26H,9-12H2,1-3H3. The summed E-state index contributed by atoms with van der Waals surface area (Å²) in [6.07, 6.45) is 1.26. The van der Waals surface area contributed by atoms with Crippen molar-refractivity contribution in [1.82, 2.24) is 9.47 Å². The van der Waals surface area contributed by atoms with E-state index in [1.165, 1.54) is 17.0 Å². The normalized spacial score (nSPS) is 16.0. The summed E-state index contributed by atoms with van der Waals surface area (Å²) in [6, 6.07) is 6.24. The summed E-state index contributed by atoms with van der Waals surface area (Å²) in [6.45, 7) is 4.95. The molecule has 1 aromatic carbocycles. The summed E-state index contributed by atoms with van der Waals surface area (Å²) in [4.78, 5) is 14.0. The van der Waals surface area contributed by atoms with Crippen LogP contribution in [-0.4, -0.2) is 51.1 Å². The summed E-state index contributed by atoms with van der Waals surface area (Å²) in [5.74, 6) is -0.509. The SMILES string of the molecule is CC(C)(C)OC(=O)N1Cc2cc(-c3ccc(F)c(Cl)c3)cn2C(CO)(CO)C1. The van der Waals surface area contributed by atoms with E-state index in [4.69, 9.17) is 16.3 Å². The van der Waals surface area contributed by atoms with Crippen LogP contribution in [0, 0.1) is 5.82 Å². The zero-order valence-electron chi connectivity index (χ0n) is 16.1. The van der Waals surface area contributed by atoms with E-state index in [1.54, 1.807) is 37.6 Å². The van der Waals surface area contributed by atoms with E-state index in [0.29, 0.717) is 5.56 Å². The van der Waals surface area contributed by atoms with Gasteiger partial charge in [-0.15, -0.1) is 0 Å². The molecule has 1 amide bonds. The molecule has 152 valence electrons. The molecular weight excluding hydrogens is 387 g/mol. The molecule has 0 spiro atoms. The molecule has 0 unspecified atom stereocenters. The van der Waals surface area contributed by atoms with Gasteiger partial charge in [0.1, 0.15) is 17.0 Å². The highest BCUT2D eigenvalue weighted by molar-refractivity contribution is 6.31. The molecule has 2 heterocycles. The molecule has 1 aliphatic rings. The van der Waals surface area contributed by atoms with Gasteiger partial charge in [0, 0.05) is 11.9 Å². The zero-order chi connectivity index (χ0) is 20.7. The summed E-state index contributed by atoms with van der Waals surface area (Å²) in [5, 5.41) is 20.1. The van der Waals surface area contributed by atoms with Gasteiger partial charge >= 0.3 is 6.09 Å². The predicted octanol–water partition coefficient (Wildman–Crippen LogP) is 3.38. The molecule has 1 aromatic heterocycles. The van der Waals surface area contributed by atoms with E-state index < -0.39 is 23.1 Å². The molecule has 0 atom stereocenters. The molecule has 0 aliphatic carbocycles. The molecule has 2 aromatic rings. The largest absolute Gasteiger partial charge is 0.444 e. The molecule has 6 nitrogen and oxygen atoms in total. The van der Waals surface area contributed by atoms with E-state index in [1.807, 2.05) is 6.07 Å². The van der Waals surface area contributed by atoms with Crippen molar-refractivity contribution in [2.45, 2.75) is 38.5 Å². The summed E-state index contributed by atoms with van der Waals surface area (Å²) in [5.41, 5.74) is 0.409. The molecule has 0 saturated carbocycles. The van der Waals surface area contributed by atoms with Gasteiger partial charge in [-0.05, 0) is 50.1 Å². The van der Waals surface area contributed by atoms with Crippen LogP contribution in [0.1, 0.15) is 26.5 Å². The van der Waals surface area contributed by atoms with Crippen molar-refractivity contribution in [3.05, 3.63) is 47.0 Å². The second-order valence-corrected chi connectivity index (χ2v) is 8.50. The second-order valence-electron chi connectivity index (χ2n) is 8.10. The quantitative estimate of drug-likeness (QED) is 0.813. The minimum absolute atomic E-state index is 0.00707. The number of rotatable bonds is 3. The summed E-state index contributed by atoms with van der Waals surface area (Å²) >= 11 is 5.90. The average Bonchev–Trinajstić information content (AvgIpc) is 3.06. The zero-order valence-corrected chi connectivity index (χ0v) is 16.8. The Labute approximate surface area is 168 Å². The van der Waals surface area contributed by atoms with Crippen LogP contribution < -0.4 is 0 Å². The molecule has 8 heteroatoms. The molecule has 0 bridgehead atoms. The Balaban J connectivity index is 2.00. The maximum atomic E-state index is 13.5. The van der Waals surface area contributed by atoms with Crippen molar-refractivity contribution in [2.75, 3.05) is 19.8 Å². The number of hydrogen-bond donors (Lipinski definition) is 2. The van der Waals surface area contributed by atoms with E-state index in [-0.39, 0.29) is 31.3 Å². The maximum Gasteiger partial charge on any atom is 0.410 e. The first-order valence-corrected chi connectivity index (χ1v) is 9.33. The molecule has 0 saturated heterocycles. The number of carbonyl (C=O) groups is 1. The lowest BCUT2D eigenvalue weighted by atomic mass is 9.98. The van der Waals surface area contributed by atoms with Gasteiger partial charge in [0.2, 0.25) is 0 Å². The molecular formula is C20H24ClFN2O4. The van der Waals surface area contributed by atoms with Gasteiger partial charge in [0.25, 0.3) is 0 Å². The highest BCUT2D eigenvalue weighted by atomic mass is 35.5. The first-order valence-electron chi connectivity index (χ1n) is 8.95. The van der Waals surface area contributed by atoms with E-state index >= 15 is 0 Å². The van der Waals surface area contributed by atoms with Crippen LogP contribution in [0.3, 0.4) is 0 Å². The van der Waals surface area contributed by atoms with Gasteiger partial charge in [0.15, 0.2) is 0 Å². The van der Waals surface area contributed by atoms with Gasteiger partial charge in [-0.3, -0.25) is 4.90 Å². The van der Waals surface area contributed by atoms with Crippen LogP contribution >= 0.6 is 11.6 Å². The van der Waals surface area contributed by atoms with Crippen LogP contribution in [0.15, 0.2) is 30.5 Å². The number of carbonyl (C=O) groups excluding carboxylic acids is 1. The van der Waals surface area contributed by atoms with Crippen LogP contribution in [0.25, 0.3) is 11.1 Å². The number of halogens is 2. The number of aliphatic hydroxyl groups is 2. The van der Waals surface area contributed by atoms with Crippen molar-refractivity contribution >= 4 is 17.7 Å². The predicted molar refractivity (Wildman–Crippen MR) is 104 cm³/mol. The fourth-order valence-electron chi connectivity index (χ4n) is 3.35. The number of amides is 1. The lowest BCUT2D eigenvalue weighted by molar-refractivity contribution is -0.0176. The molecule has 0 radical (unpaired) electrons. The van der Waals surface area contributed by atoms with Crippen LogP contribution in [-0.2, 0) is 16.8 Å². The van der Waals surface area contributed by atoms with Gasteiger partial charge in [-0.1, -0.05) is 17.7 Å². The number of aromatic nitrogens is 1. The Hall–Kier alpha value is -2.09. The highest BCUT2D eigenvalue weighted by Crippen LogP contribution is 2.34. The third-order valence-corrected chi connectivity index (χ3v) is 5.03. The van der Waals surface area contributed by atoms with Crippen LogP contribution in [0.4, 0.5) is 9.18 Å². The van der Waals surface area contributed by atoms with Crippen molar-refractivity contribution in [2.24, 2.45) is 0 Å². The number of nitrogens with zero attached hydrogens (tertiary/aromatic N) is 2. The molecule has 1 aliphatic heterocycles. The molecule has 2 N–H and O–H groups in total. The van der Waals surface area contributed by atoms with Gasteiger partial charge < -0.3 is 19.5 Å². The number of benzene rings is 1. The molecule has 3 rings (SSSR count). The van der Waals surface area contributed by atoms with Crippen molar-refractivity contribution in [1.29, 1.82) is 0 Å². The minimum atomic E-state index is -1.09. The molecule has 0 fully saturated rings. The van der Waals surface area contributed by atoms with E-state index in [9.17, 15) is 19.4 Å². The number of aliphatic hydroxyl groups excluding tert-OH is 2. The Morgan fingerprint density at radius 3 is 2.50 bits per heavy atom. The maximum absolute atomic E-state index is 13.5. The summed E-state index contributed by atoms with van der Waals surface area (Å²) in [7, 11) is 0. The lowest BCUT2D eigenvalue weighted by Gasteiger charge is -2.42.